The largest absolute Gasteiger partial charge is 0.346 e. The highest BCUT2D eigenvalue weighted by molar-refractivity contribution is 7.59. The van der Waals surface area contributed by atoms with E-state index in [2.05, 4.69) is 77.8 Å². The molecule has 0 N–H and O–H groups in total. The van der Waals surface area contributed by atoms with Crippen molar-refractivity contribution >= 4 is 24.4 Å². The molecule has 0 aliphatic carbocycles. The van der Waals surface area contributed by atoms with Crippen LogP contribution >= 0.6 is 13.5 Å². The number of para-hydroxylation sites is 1. The summed E-state index contributed by atoms with van der Waals surface area (Å²) in [6.45, 7) is 7.64. The maximum Gasteiger partial charge on any atom is 0.0480 e. The minimum absolute atomic E-state index is 0. The summed E-state index contributed by atoms with van der Waals surface area (Å²) in [5.41, 5.74) is 6.47. The zero-order chi connectivity index (χ0) is 17.4. The molecule has 1 unspecified atom stereocenters. The molecular weight excluding hydrogens is 350 g/mol. The molecule has 4 rings (SSSR count). The van der Waals surface area contributed by atoms with Gasteiger partial charge in [-0.1, -0.05) is 25.6 Å². The first-order valence-corrected chi connectivity index (χ1v) is 9.28. The minimum Gasteiger partial charge on any atom is -0.346 e. The number of nitrogens with zero attached hydrogens (tertiary/aromatic N) is 3. The van der Waals surface area contributed by atoms with E-state index in [1.54, 1.807) is 0 Å². The summed E-state index contributed by atoms with van der Waals surface area (Å²) in [4.78, 5) is 7.11. The van der Waals surface area contributed by atoms with E-state index in [4.69, 9.17) is 0 Å². The van der Waals surface area contributed by atoms with Crippen LogP contribution in [0.1, 0.15) is 36.5 Å². The molecule has 1 aromatic carbocycles. The number of hydrogen-bond acceptors (Lipinski definition) is 2. The second-order valence-electron chi connectivity index (χ2n) is 7.61. The lowest BCUT2D eigenvalue weighted by atomic mass is 9.98. The Morgan fingerprint density at radius 1 is 1.07 bits per heavy atom. The molecule has 146 valence electrons. The van der Waals surface area contributed by atoms with Crippen LogP contribution in [0.2, 0.25) is 0 Å². The molecule has 0 bridgehead atoms. The molecule has 0 spiro atoms. The molecule has 1 atom stereocenters. The van der Waals surface area contributed by atoms with Crippen molar-refractivity contribution < 1.29 is 0 Å². The molecule has 3 heterocycles. The third kappa shape index (κ3) is 4.74. The number of aryl methyl sites for hydroxylation is 3. The molecule has 1 saturated heterocycles. The number of pyridine rings is 1. The summed E-state index contributed by atoms with van der Waals surface area (Å²) in [7, 11) is 2.19. The second-order valence-corrected chi connectivity index (χ2v) is 7.61. The fraction of sp³-hybridized carbons (Fsp3) is 0.435. The maximum absolute atomic E-state index is 4.50. The normalized spacial score (nSPS) is 16.9. The molecule has 0 saturated carbocycles. The molecule has 1 fully saturated rings. The third-order valence-electron chi connectivity index (χ3n) is 5.47. The van der Waals surface area contributed by atoms with Crippen molar-refractivity contribution in [2.24, 2.45) is 13.0 Å². The first kappa shape index (κ1) is 21.5. The highest BCUT2D eigenvalue weighted by Gasteiger charge is 2.23. The molecule has 0 radical (unpaired) electrons. The Bertz CT molecular complexity index is 880. The SMILES string of the molecule is C.Cc1cc(CC2CCN(Cc3cc4ccccc4n3C)C2)cc(C)n1.S. The van der Waals surface area contributed by atoms with Gasteiger partial charge in [-0.05, 0) is 74.4 Å². The van der Waals surface area contributed by atoms with Crippen molar-refractivity contribution in [2.45, 2.75) is 40.7 Å². The van der Waals surface area contributed by atoms with Gasteiger partial charge >= 0.3 is 0 Å². The van der Waals surface area contributed by atoms with Gasteiger partial charge in [0, 0.05) is 42.7 Å². The number of hydrogen-bond donors (Lipinski definition) is 0. The van der Waals surface area contributed by atoms with Crippen LogP contribution in [-0.2, 0) is 20.0 Å². The zero-order valence-corrected chi connectivity index (χ0v) is 17.0. The lowest BCUT2D eigenvalue weighted by Gasteiger charge is -2.17. The Labute approximate surface area is 170 Å². The Morgan fingerprint density at radius 3 is 2.48 bits per heavy atom. The van der Waals surface area contributed by atoms with Crippen LogP contribution in [0.3, 0.4) is 0 Å². The van der Waals surface area contributed by atoms with Gasteiger partial charge in [-0.3, -0.25) is 9.88 Å². The van der Waals surface area contributed by atoms with Crippen LogP contribution in [0.15, 0.2) is 42.5 Å². The molecule has 4 heteroatoms. The summed E-state index contributed by atoms with van der Waals surface area (Å²) in [5, 5.41) is 1.35. The molecule has 1 aliphatic rings. The summed E-state index contributed by atoms with van der Waals surface area (Å²) >= 11 is 0. The lowest BCUT2D eigenvalue weighted by Crippen LogP contribution is -2.22. The molecule has 2 aromatic heterocycles. The van der Waals surface area contributed by atoms with E-state index in [1.165, 1.54) is 48.1 Å². The van der Waals surface area contributed by atoms with Gasteiger partial charge in [-0.2, -0.15) is 13.5 Å². The van der Waals surface area contributed by atoms with Gasteiger partial charge in [0.15, 0.2) is 0 Å². The van der Waals surface area contributed by atoms with Crippen molar-refractivity contribution in [1.29, 1.82) is 0 Å². The topological polar surface area (TPSA) is 21.1 Å². The molecule has 1 aliphatic heterocycles. The number of rotatable bonds is 4. The van der Waals surface area contributed by atoms with Gasteiger partial charge in [-0.25, -0.2) is 0 Å². The number of benzene rings is 1. The summed E-state index contributed by atoms with van der Waals surface area (Å²) in [6, 6.07) is 15.5. The van der Waals surface area contributed by atoms with Gasteiger partial charge in [0.05, 0.1) is 0 Å². The van der Waals surface area contributed by atoms with E-state index >= 15 is 0 Å². The fourth-order valence-electron chi connectivity index (χ4n) is 4.32. The smallest absolute Gasteiger partial charge is 0.0480 e. The maximum atomic E-state index is 4.50. The average molecular weight is 384 g/mol. The summed E-state index contributed by atoms with van der Waals surface area (Å²) in [6.07, 6.45) is 2.47. The standard InChI is InChI=1S/C22H27N3.CH4.H2S/c1-16-10-19(11-17(2)23-16)12-18-8-9-25(14-18)15-21-13-20-6-4-5-7-22(20)24(21)3;;/h4-7,10-11,13,18H,8-9,12,14-15H2,1-3H3;1H4;1H2. The van der Waals surface area contributed by atoms with Crippen LogP contribution in [0.4, 0.5) is 0 Å². The van der Waals surface area contributed by atoms with Crippen LogP contribution in [0, 0.1) is 19.8 Å². The van der Waals surface area contributed by atoms with E-state index in [0.717, 1.165) is 23.9 Å². The molecule has 3 aromatic rings. The minimum atomic E-state index is 0. The number of fused-ring (bicyclic) bond motifs is 1. The highest BCUT2D eigenvalue weighted by Crippen LogP contribution is 2.25. The fourth-order valence-corrected chi connectivity index (χ4v) is 4.32. The Balaban J connectivity index is 0.00000131. The number of likely N-dealkylation sites (tertiary alicyclic amines) is 1. The Morgan fingerprint density at radius 2 is 1.78 bits per heavy atom. The van der Waals surface area contributed by atoms with Gasteiger partial charge in [-0.15, -0.1) is 0 Å². The third-order valence-corrected chi connectivity index (χ3v) is 5.47. The van der Waals surface area contributed by atoms with Crippen LogP contribution in [-0.4, -0.2) is 27.5 Å². The van der Waals surface area contributed by atoms with E-state index in [9.17, 15) is 0 Å². The second kappa shape index (κ2) is 8.94. The zero-order valence-electron chi connectivity index (χ0n) is 16.0. The van der Waals surface area contributed by atoms with E-state index in [-0.39, 0.29) is 20.9 Å². The van der Waals surface area contributed by atoms with Crippen molar-refractivity contribution in [3.8, 4) is 0 Å². The van der Waals surface area contributed by atoms with Gasteiger partial charge in [0.25, 0.3) is 0 Å². The van der Waals surface area contributed by atoms with E-state index < -0.39 is 0 Å². The average Bonchev–Trinajstić information content (AvgIpc) is 3.12. The Kier molecular flexibility index (Phi) is 7.12. The van der Waals surface area contributed by atoms with Crippen LogP contribution < -0.4 is 0 Å². The molecule has 27 heavy (non-hydrogen) atoms. The first-order chi connectivity index (χ1) is 12.1. The lowest BCUT2D eigenvalue weighted by molar-refractivity contribution is 0.309. The van der Waals surface area contributed by atoms with Gasteiger partial charge in [0.1, 0.15) is 0 Å². The van der Waals surface area contributed by atoms with Crippen molar-refractivity contribution in [1.82, 2.24) is 14.5 Å². The van der Waals surface area contributed by atoms with Crippen LogP contribution in [0.5, 0.6) is 0 Å². The quantitative estimate of drug-likeness (QED) is 0.632. The van der Waals surface area contributed by atoms with Crippen molar-refractivity contribution in [2.75, 3.05) is 13.1 Å². The summed E-state index contributed by atoms with van der Waals surface area (Å²) < 4.78 is 2.35. The van der Waals surface area contributed by atoms with Crippen molar-refractivity contribution in [3.05, 3.63) is 65.1 Å². The monoisotopic (exact) mass is 383 g/mol. The molecule has 3 nitrogen and oxygen atoms in total. The highest BCUT2D eigenvalue weighted by atomic mass is 32.1. The first-order valence-electron chi connectivity index (χ1n) is 9.28. The van der Waals surface area contributed by atoms with Gasteiger partial charge in [0.2, 0.25) is 0 Å². The summed E-state index contributed by atoms with van der Waals surface area (Å²) in [5.74, 6) is 0.760. The Hall–Kier alpha value is -1.78. The molecule has 0 amide bonds. The predicted molar refractivity (Wildman–Crippen MR) is 121 cm³/mol. The van der Waals surface area contributed by atoms with E-state index in [1.807, 2.05) is 0 Å². The van der Waals surface area contributed by atoms with Gasteiger partial charge < -0.3 is 4.57 Å². The van der Waals surface area contributed by atoms with Crippen LogP contribution in [0.25, 0.3) is 10.9 Å². The molecular formula is C23H33N3S. The van der Waals surface area contributed by atoms with E-state index in [0.29, 0.717) is 0 Å². The number of aromatic nitrogens is 2. The predicted octanol–water partition coefficient (Wildman–Crippen LogP) is 5.00. The van der Waals surface area contributed by atoms with Crippen molar-refractivity contribution in [3.63, 3.8) is 0 Å².